The first-order valence-corrected chi connectivity index (χ1v) is 12.6. The number of allylic oxidation sites excluding steroid dienone is 1. The summed E-state index contributed by atoms with van der Waals surface area (Å²) in [5, 5.41) is 19.8. The fourth-order valence-electron chi connectivity index (χ4n) is 4.73. The molecule has 3 aromatic heterocycles. The highest BCUT2D eigenvalue weighted by Crippen LogP contribution is 2.32. The van der Waals surface area contributed by atoms with Crippen molar-refractivity contribution in [2.24, 2.45) is 18.7 Å². The molecule has 0 bridgehead atoms. The molecule has 4 N–H and O–H groups in total. The first-order valence-electron chi connectivity index (χ1n) is 12.6. The predicted molar refractivity (Wildman–Crippen MR) is 151 cm³/mol. The van der Waals surface area contributed by atoms with E-state index in [-0.39, 0.29) is 23.6 Å². The lowest BCUT2D eigenvalue weighted by Crippen LogP contribution is -2.42. The molecule has 2 unspecified atom stereocenters. The van der Waals surface area contributed by atoms with Crippen LogP contribution in [0.3, 0.4) is 0 Å². The summed E-state index contributed by atoms with van der Waals surface area (Å²) in [6.07, 6.45) is 8.44. The Morgan fingerprint density at radius 3 is 2.54 bits per heavy atom. The SMILES string of the molecule is CC1CN(c2ccc(-c3cc(-c4cnn(C)c4)cnc3C(C#N)=CN)cn2)CC1NC(=O)Nc1ccccc1. The molecule has 4 aromatic rings. The van der Waals surface area contributed by atoms with Crippen LogP contribution in [-0.4, -0.2) is 44.9 Å². The van der Waals surface area contributed by atoms with E-state index in [1.54, 1.807) is 23.3 Å². The number of urea groups is 1. The predicted octanol–water partition coefficient (Wildman–Crippen LogP) is 4.01. The molecular weight excluding hydrogens is 490 g/mol. The molecule has 4 heterocycles. The van der Waals surface area contributed by atoms with Crippen molar-refractivity contribution < 1.29 is 4.79 Å². The van der Waals surface area contributed by atoms with Crippen molar-refractivity contribution in [3.8, 4) is 28.3 Å². The summed E-state index contributed by atoms with van der Waals surface area (Å²) in [7, 11) is 1.86. The molecular formula is C29H29N9O. The van der Waals surface area contributed by atoms with E-state index in [0.29, 0.717) is 12.2 Å². The second-order valence-corrected chi connectivity index (χ2v) is 9.57. The molecule has 1 aliphatic heterocycles. The van der Waals surface area contributed by atoms with Crippen LogP contribution in [0.4, 0.5) is 16.3 Å². The van der Waals surface area contributed by atoms with E-state index in [1.165, 1.54) is 6.20 Å². The summed E-state index contributed by atoms with van der Waals surface area (Å²) < 4.78 is 1.73. The number of nitrogens with zero attached hydrogens (tertiary/aromatic N) is 6. The number of aromatic nitrogens is 4. The molecule has 1 aliphatic rings. The minimum absolute atomic E-state index is 0.0185. The number of anilines is 2. The Balaban J connectivity index is 1.35. The zero-order valence-electron chi connectivity index (χ0n) is 21.7. The first kappa shape index (κ1) is 25.5. The molecule has 0 spiro atoms. The minimum Gasteiger partial charge on any atom is -0.403 e. The molecule has 1 fully saturated rings. The Morgan fingerprint density at radius 2 is 1.87 bits per heavy atom. The molecule has 5 rings (SSSR count). The molecule has 2 amide bonds. The average Bonchev–Trinajstić information content (AvgIpc) is 3.55. The number of benzene rings is 1. The largest absolute Gasteiger partial charge is 0.403 e. The van der Waals surface area contributed by atoms with E-state index >= 15 is 0 Å². The number of hydrogen-bond donors (Lipinski definition) is 3. The molecule has 1 aromatic carbocycles. The van der Waals surface area contributed by atoms with Gasteiger partial charge in [-0.15, -0.1) is 0 Å². The Bertz CT molecular complexity index is 1540. The van der Waals surface area contributed by atoms with Gasteiger partial charge in [-0.2, -0.15) is 10.4 Å². The summed E-state index contributed by atoms with van der Waals surface area (Å²) >= 11 is 0. The summed E-state index contributed by atoms with van der Waals surface area (Å²) in [5.41, 5.74) is 10.6. The van der Waals surface area contributed by atoms with Crippen LogP contribution in [0.25, 0.3) is 27.8 Å². The van der Waals surface area contributed by atoms with Crippen LogP contribution in [0.15, 0.2) is 79.5 Å². The van der Waals surface area contributed by atoms with Crippen molar-refractivity contribution in [3.05, 3.63) is 85.2 Å². The molecule has 2 atom stereocenters. The summed E-state index contributed by atoms with van der Waals surface area (Å²) in [4.78, 5) is 24.0. The highest BCUT2D eigenvalue weighted by atomic mass is 16.2. The lowest BCUT2D eigenvalue weighted by atomic mass is 9.98. The summed E-state index contributed by atoms with van der Waals surface area (Å²) in [6, 6.07) is 17.2. The molecule has 0 aliphatic carbocycles. The number of carbonyl (C=O) groups excluding carboxylic acids is 1. The molecule has 10 nitrogen and oxygen atoms in total. The number of hydrogen-bond acceptors (Lipinski definition) is 7. The van der Waals surface area contributed by atoms with E-state index in [4.69, 9.17) is 10.7 Å². The Labute approximate surface area is 226 Å². The maximum atomic E-state index is 12.5. The number of nitrogens with one attached hydrogen (secondary N) is 2. The van der Waals surface area contributed by atoms with Gasteiger partial charge < -0.3 is 21.3 Å². The first-order chi connectivity index (χ1) is 18.9. The fourth-order valence-corrected chi connectivity index (χ4v) is 4.73. The normalized spacial score (nSPS) is 17.1. The van der Waals surface area contributed by atoms with E-state index in [0.717, 1.165) is 40.3 Å². The average molecular weight is 520 g/mol. The van der Waals surface area contributed by atoms with Gasteiger partial charge in [0.05, 0.1) is 23.5 Å². The lowest BCUT2D eigenvalue weighted by molar-refractivity contribution is 0.247. The van der Waals surface area contributed by atoms with Crippen LogP contribution in [0.5, 0.6) is 0 Å². The number of para-hydroxylation sites is 1. The van der Waals surface area contributed by atoms with Gasteiger partial charge in [0.2, 0.25) is 0 Å². The maximum Gasteiger partial charge on any atom is 0.319 e. The highest BCUT2D eigenvalue weighted by Gasteiger charge is 2.31. The molecule has 10 heteroatoms. The Morgan fingerprint density at radius 1 is 1.08 bits per heavy atom. The van der Waals surface area contributed by atoms with Crippen LogP contribution < -0.4 is 21.3 Å². The van der Waals surface area contributed by atoms with Gasteiger partial charge in [-0.1, -0.05) is 25.1 Å². The smallest absolute Gasteiger partial charge is 0.319 e. The van der Waals surface area contributed by atoms with Crippen molar-refractivity contribution in [2.45, 2.75) is 13.0 Å². The topological polar surface area (TPSA) is 138 Å². The number of aryl methyl sites for hydroxylation is 1. The van der Waals surface area contributed by atoms with Crippen molar-refractivity contribution in [1.82, 2.24) is 25.1 Å². The quantitative estimate of drug-likeness (QED) is 0.327. The molecule has 0 radical (unpaired) electrons. The van der Waals surface area contributed by atoms with E-state index in [9.17, 15) is 10.1 Å². The highest BCUT2D eigenvalue weighted by molar-refractivity contribution is 5.89. The minimum atomic E-state index is -0.224. The van der Waals surface area contributed by atoms with Gasteiger partial charge in [-0.05, 0) is 36.2 Å². The van der Waals surface area contributed by atoms with Gasteiger partial charge in [0.25, 0.3) is 0 Å². The van der Waals surface area contributed by atoms with Gasteiger partial charge in [-0.3, -0.25) is 9.67 Å². The number of amides is 2. The van der Waals surface area contributed by atoms with Crippen molar-refractivity contribution >= 4 is 23.1 Å². The third kappa shape index (κ3) is 5.57. The number of carbonyl (C=O) groups is 1. The lowest BCUT2D eigenvalue weighted by Gasteiger charge is -2.19. The van der Waals surface area contributed by atoms with Crippen molar-refractivity contribution in [3.63, 3.8) is 0 Å². The molecule has 1 saturated heterocycles. The standard InChI is InChI=1S/C29H29N9O/c1-19-16-38(18-26(19)36-29(39)35-24-6-4-3-5-7-24)27-9-8-20(13-32-27)25-10-21(23-15-34-37(2)17-23)14-33-28(25)22(11-30)12-31/h3-11,13-15,17,19,26H,16,18,30H2,1-2H3,(H2,35,36,39). The van der Waals surface area contributed by atoms with E-state index in [2.05, 4.69) is 38.6 Å². The maximum absolute atomic E-state index is 12.5. The summed E-state index contributed by atoms with van der Waals surface area (Å²) in [6.45, 7) is 3.53. The van der Waals surface area contributed by atoms with E-state index < -0.39 is 0 Å². The zero-order valence-corrected chi connectivity index (χ0v) is 21.7. The van der Waals surface area contributed by atoms with Crippen LogP contribution in [0, 0.1) is 17.2 Å². The van der Waals surface area contributed by atoms with E-state index in [1.807, 2.05) is 61.8 Å². The van der Waals surface area contributed by atoms with Gasteiger partial charge >= 0.3 is 6.03 Å². The third-order valence-corrected chi connectivity index (χ3v) is 6.81. The molecule has 196 valence electrons. The zero-order chi connectivity index (χ0) is 27.4. The Hall–Kier alpha value is -5.17. The van der Waals surface area contributed by atoms with Gasteiger partial charge in [0, 0.05) is 72.9 Å². The second-order valence-electron chi connectivity index (χ2n) is 9.57. The third-order valence-electron chi connectivity index (χ3n) is 6.81. The van der Waals surface area contributed by atoms with Crippen molar-refractivity contribution in [1.29, 1.82) is 5.26 Å². The van der Waals surface area contributed by atoms with Gasteiger partial charge in [0.1, 0.15) is 11.9 Å². The van der Waals surface area contributed by atoms with Gasteiger partial charge in [0.15, 0.2) is 0 Å². The van der Waals surface area contributed by atoms with Gasteiger partial charge in [-0.25, -0.2) is 9.78 Å². The number of rotatable bonds is 6. The molecule has 0 saturated carbocycles. The number of pyridine rings is 2. The van der Waals surface area contributed by atoms with Crippen LogP contribution in [0.1, 0.15) is 12.6 Å². The second kappa shape index (κ2) is 11.1. The van der Waals surface area contributed by atoms with Crippen LogP contribution in [0.2, 0.25) is 0 Å². The molecule has 39 heavy (non-hydrogen) atoms. The summed E-state index contributed by atoms with van der Waals surface area (Å²) in [5.74, 6) is 1.05. The van der Waals surface area contributed by atoms with Crippen LogP contribution >= 0.6 is 0 Å². The monoisotopic (exact) mass is 519 g/mol. The fraction of sp³-hybridized carbons (Fsp3) is 0.207. The van der Waals surface area contributed by atoms with Crippen LogP contribution in [-0.2, 0) is 7.05 Å². The number of nitrogens with two attached hydrogens (primary N) is 1. The van der Waals surface area contributed by atoms with Crippen molar-refractivity contribution in [2.75, 3.05) is 23.3 Å². The Kier molecular flexibility index (Phi) is 7.23. The number of nitriles is 1.